The van der Waals surface area contributed by atoms with Crippen LogP contribution in [0.1, 0.15) is 16.8 Å². The quantitative estimate of drug-likeness (QED) is 0.525. The SMILES string of the molecule is COc1cccc(CNC(=O)Cc2csc(SCc3cccc(Cl)c3)n2)c1. The molecule has 0 saturated carbocycles. The number of hydrogen-bond donors (Lipinski definition) is 1. The van der Waals surface area contributed by atoms with Crippen LogP contribution in [0.3, 0.4) is 0 Å². The zero-order valence-corrected chi connectivity index (χ0v) is 17.2. The van der Waals surface area contributed by atoms with Crippen molar-refractivity contribution in [2.45, 2.75) is 23.1 Å². The number of carbonyl (C=O) groups is 1. The van der Waals surface area contributed by atoms with E-state index in [0.717, 1.165) is 37.7 Å². The Morgan fingerprint density at radius 2 is 2.04 bits per heavy atom. The number of amides is 1. The summed E-state index contributed by atoms with van der Waals surface area (Å²) >= 11 is 9.21. The number of ether oxygens (including phenoxy) is 1. The maximum absolute atomic E-state index is 12.2. The van der Waals surface area contributed by atoms with E-state index in [2.05, 4.69) is 10.3 Å². The van der Waals surface area contributed by atoms with Crippen molar-refractivity contribution in [3.05, 3.63) is 75.8 Å². The molecule has 0 aliphatic carbocycles. The summed E-state index contributed by atoms with van der Waals surface area (Å²) in [6.45, 7) is 0.469. The fourth-order valence-electron chi connectivity index (χ4n) is 2.42. The average molecular weight is 419 g/mol. The lowest BCUT2D eigenvalue weighted by atomic mass is 10.2. The Morgan fingerprint density at radius 3 is 2.85 bits per heavy atom. The van der Waals surface area contributed by atoms with Gasteiger partial charge in [-0.05, 0) is 35.4 Å². The molecule has 0 aliphatic rings. The highest BCUT2D eigenvalue weighted by molar-refractivity contribution is 8.00. The molecule has 0 unspecified atom stereocenters. The standard InChI is InChI=1S/C20H19ClN2O2S2/c1-25-18-7-3-4-14(9-18)11-22-19(24)10-17-13-27-20(23-17)26-12-15-5-2-6-16(21)8-15/h2-9,13H,10-12H2,1H3,(H,22,24). The molecule has 3 rings (SSSR count). The Bertz CT molecular complexity index is 914. The second kappa shape index (κ2) is 9.78. The number of carbonyl (C=O) groups excluding carboxylic acids is 1. The van der Waals surface area contributed by atoms with Gasteiger partial charge in [-0.3, -0.25) is 4.79 Å². The molecule has 1 N–H and O–H groups in total. The lowest BCUT2D eigenvalue weighted by molar-refractivity contribution is -0.120. The van der Waals surface area contributed by atoms with Crippen molar-refractivity contribution in [2.24, 2.45) is 0 Å². The Labute approximate surface area is 171 Å². The molecular formula is C20H19ClN2O2S2. The second-order valence-electron chi connectivity index (χ2n) is 5.83. The van der Waals surface area contributed by atoms with Crippen LogP contribution in [0.5, 0.6) is 5.75 Å². The monoisotopic (exact) mass is 418 g/mol. The average Bonchev–Trinajstić information content (AvgIpc) is 3.12. The van der Waals surface area contributed by atoms with Gasteiger partial charge in [0.25, 0.3) is 0 Å². The van der Waals surface area contributed by atoms with Gasteiger partial charge in [-0.2, -0.15) is 0 Å². The summed E-state index contributed by atoms with van der Waals surface area (Å²) in [5.74, 6) is 1.53. The highest BCUT2D eigenvalue weighted by Crippen LogP contribution is 2.27. The fraction of sp³-hybridized carbons (Fsp3) is 0.200. The third kappa shape index (κ3) is 6.27. The summed E-state index contributed by atoms with van der Waals surface area (Å²) in [5.41, 5.74) is 2.94. The lowest BCUT2D eigenvalue weighted by Crippen LogP contribution is -2.24. The van der Waals surface area contributed by atoms with Crippen LogP contribution >= 0.6 is 34.7 Å². The summed E-state index contributed by atoms with van der Waals surface area (Å²) < 4.78 is 6.14. The van der Waals surface area contributed by atoms with Gasteiger partial charge < -0.3 is 10.1 Å². The predicted octanol–water partition coefficient (Wildman–Crippen LogP) is 4.96. The third-order valence-corrected chi connectivity index (χ3v) is 6.12. The minimum Gasteiger partial charge on any atom is -0.497 e. The van der Waals surface area contributed by atoms with E-state index in [1.54, 1.807) is 30.2 Å². The Kier molecular flexibility index (Phi) is 7.15. The molecule has 0 aliphatic heterocycles. The van der Waals surface area contributed by atoms with E-state index in [1.807, 2.05) is 53.9 Å². The van der Waals surface area contributed by atoms with E-state index >= 15 is 0 Å². The maximum Gasteiger partial charge on any atom is 0.226 e. The van der Waals surface area contributed by atoms with Gasteiger partial charge in [0.05, 0.1) is 19.2 Å². The van der Waals surface area contributed by atoms with Crippen LogP contribution in [0.15, 0.2) is 58.3 Å². The van der Waals surface area contributed by atoms with E-state index in [1.165, 1.54) is 0 Å². The van der Waals surface area contributed by atoms with Gasteiger partial charge >= 0.3 is 0 Å². The third-order valence-electron chi connectivity index (χ3n) is 3.75. The molecule has 4 nitrogen and oxygen atoms in total. The molecular weight excluding hydrogens is 400 g/mol. The normalized spacial score (nSPS) is 10.6. The van der Waals surface area contributed by atoms with Gasteiger partial charge in [-0.1, -0.05) is 47.6 Å². The Morgan fingerprint density at radius 1 is 1.22 bits per heavy atom. The van der Waals surface area contributed by atoms with E-state index in [-0.39, 0.29) is 12.3 Å². The minimum atomic E-state index is -0.0467. The molecule has 27 heavy (non-hydrogen) atoms. The Balaban J connectivity index is 1.47. The smallest absolute Gasteiger partial charge is 0.226 e. The molecule has 0 saturated heterocycles. The lowest BCUT2D eigenvalue weighted by Gasteiger charge is -2.06. The van der Waals surface area contributed by atoms with Crippen molar-refractivity contribution in [3.8, 4) is 5.75 Å². The molecule has 1 aromatic heterocycles. The van der Waals surface area contributed by atoms with Gasteiger partial charge in [0.15, 0.2) is 0 Å². The number of thiazole rings is 1. The van der Waals surface area contributed by atoms with Crippen LogP contribution in [-0.4, -0.2) is 18.0 Å². The number of thioether (sulfide) groups is 1. The Hall–Kier alpha value is -2.02. The van der Waals surface area contributed by atoms with Crippen molar-refractivity contribution >= 4 is 40.6 Å². The highest BCUT2D eigenvalue weighted by atomic mass is 35.5. The predicted molar refractivity (Wildman–Crippen MR) is 112 cm³/mol. The molecule has 140 valence electrons. The summed E-state index contributed by atoms with van der Waals surface area (Å²) in [4.78, 5) is 16.7. The molecule has 1 amide bonds. The van der Waals surface area contributed by atoms with Gasteiger partial charge in [0.1, 0.15) is 10.1 Å². The van der Waals surface area contributed by atoms with Gasteiger partial charge in [0, 0.05) is 22.7 Å². The van der Waals surface area contributed by atoms with Crippen molar-refractivity contribution in [1.29, 1.82) is 0 Å². The van der Waals surface area contributed by atoms with Crippen LogP contribution < -0.4 is 10.1 Å². The number of nitrogens with one attached hydrogen (secondary N) is 1. The summed E-state index contributed by atoms with van der Waals surface area (Å²) in [5, 5.41) is 5.59. The first-order valence-corrected chi connectivity index (χ1v) is 10.6. The number of halogens is 1. The first-order valence-electron chi connectivity index (χ1n) is 8.33. The van der Waals surface area contributed by atoms with E-state index in [0.29, 0.717) is 6.54 Å². The highest BCUT2D eigenvalue weighted by Gasteiger charge is 2.09. The maximum atomic E-state index is 12.2. The van der Waals surface area contributed by atoms with Crippen molar-refractivity contribution in [1.82, 2.24) is 10.3 Å². The topological polar surface area (TPSA) is 51.2 Å². The van der Waals surface area contributed by atoms with Crippen LogP contribution in [0.4, 0.5) is 0 Å². The van der Waals surface area contributed by atoms with Gasteiger partial charge in [-0.15, -0.1) is 11.3 Å². The molecule has 3 aromatic rings. The van der Waals surface area contributed by atoms with Crippen molar-refractivity contribution < 1.29 is 9.53 Å². The first kappa shape index (κ1) is 19.7. The van der Waals surface area contributed by atoms with Gasteiger partial charge in [0.2, 0.25) is 5.91 Å². The summed E-state index contributed by atoms with van der Waals surface area (Å²) in [6, 6.07) is 15.4. The number of benzene rings is 2. The minimum absolute atomic E-state index is 0.0467. The molecule has 0 atom stereocenters. The van der Waals surface area contributed by atoms with Crippen LogP contribution in [-0.2, 0) is 23.5 Å². The zero-order valence-electron chi connectivity index (χ0n) is 14.8. The molecule has 0 fully saturated rings. The molecule has 7 heteroatoms. The number of nitrogens with zero attached hydrogens (tertiary/aromatic N) is 1. The van der Waals surface area contributed by atoms with Gasteiger partial charge in [-0.25, -0.2) is 4.98 Å². The number of aromatic nitrogens is 1. The first-order chi connectivity index (χ1) is 13.1. The fourth-order valence-corrected chi connectivity index (χ4v) is 4.42. The summed E-state index contributed by atoms with van der Waals surface area (Å²) in [6.07, 6.45) is 0.276. The van der Waals surface area contributed by atoms with Crippen LogP contribution in [0, 0.1) is 0 Å². The molecule has 0 radical (unpaired) electrons. The summed E-state index contributed by atoms with van der Waals surface area (Å²) in [7, 11) is 1.63. The van der Waals surface area contributed by atoms with E-state index in [4.69, 9.17) is 16.3 Å². The van der Waals surface area contributed by atoms with Crippen molar-refractivity contribution in [2.75, 3.05) is 7.11 Å². The molecule has 0 bridgehead atoms. The zero-order chi connectivity index (χ0) is 19.1. The number of hydrogen-bond acceptors (Lipinski definition) is 5. The molecule has 1 heterocycles. The van der Waals surface area contributed by atoms with E-state index in [9.17, 15) is 4.79 Å². The molecule has 0 spiro atoms. The van der Waals surface area contributed by atoms with E-state index < -0.39 is 0 Å². The molecule has 2 aromatic carbocycles. The largest absolute Gasteiger partial charge is 0.497 e. The second-order valence-corrected chi connectivity index (χ2v) is 8.35. The number of rotatable bonds is 8. The van der Waals surface area contributed by atoms with Crippen LogP contribution in [0.2, 0.25) is 5.02 Å². The van der Waals surface area contributed by atoms with Crippen molar-refractivity contribution in [3.63, 3.8) is 0 Å². The number of methoxy groups -OCH3 is 1. The van der Waals surface area contributed by atoms with Crippen LogP contribution in [0.25, 0.3) is 0 Å².